The number of hydrogen-bond donors (Lipinski definition) is 0. The van der Waals surface area contributed by atoms with Crippen molar-refractivity contribution in [1.82, 2.24) is 13.9 Å². The number of aryl methyl sites for hydroxylation is 2. The molecule has 2 aromatic rings. The summed E-state index contributed by atoms with van der Waals surface area (Å²) in [7, 11) is -1.68. The van der Waals surface area contributed by atoms with Crippen molar-refractivity contribution in [3.8, 4) is 0 Å². The summed E-state index contributed by atoms with van der Waals surface area (Å²) in [5.74, 6) is 1.28. The van der Waals surface area contributed by atoms with Crippen LogP contribution in [0.3, 0.4) is 0 Å². The number of benzene rings is 1. The molecule has 1 fully saturated rings. The van der Waals surface area contributed by atoms with Crippen LogP contribution in [-0.2, 0) is 28.9 Å². The number of sulfonamides is 1. The lowest BCUT2D eigenvalue weighted by atomic mass is 9.69. The third kappa shape index (κ3) is 2.46. The van der Waals surface area contributed by atoms with Crippen LogP contribution in [0.25, 0.3) is 0 Å². The first-order valence-electron chi connectivity index (χ1n) is 8.93. The molecule has 1 aliphatic carbocycles. The number of nitrogens with zero attached hydrogens (tertiary/aromatic N) is 3. The predicted octanol–water partition coefficient (Wildman–Crippen LogP) is 2.64. The van der Waals surface area contributed by atoms with Crippen LogP contribution in [0.5, 0.6) is 0 Å². The van der Waals surface area contributed by atoms with E-state index >= 15 is 0 Å². The lowest BCUT2D eigenvalue weighted by molar-refractivity contribution is 0.184. The van der Waals surface area contributed by atoms with Crippen molar-refractivity contribution in [3.05, 3.63) is 47.4 Å². The third-order valence-corrected chi connectivity index (χ3v) is 8.10. The fourth-order valence-electron chi connectivity index (χ4n) is 4.65. The van der Waals surface area contributed by atoms with Crippen molar-refractivity contribution in [1.29, 1.82) is 0 Å². The minimum Gasteiger partial charge on any atom is -0.337 e. The van der Waals surface area contributed by atoms with Crippen LogP contribution in [0, 0.1) is 12.8 Å². The van der Waals surface area contributed by atoms with E-state index in [0.29, 0.717) is 24.8 Å². The Bertz CT molecular complexity index is 889. The lowest BCUT2D eigenvalue weighted by Crippen LogP contribution is -2.46. The average Bonchev–Trinajstić information content (AvgIpc) is 3.07. The summed E-state index contributed by atoms with van der Waals surface area (Å²) in [6.07, 6.45) is 4.48. The van der Waals surface area contributed by atoms with Gasteiger partial charge in [-0.25, -0.2) is 13.4 Å². The molecule has 0 radical (unpaired) electrons. The second kappa shape index (κ2) is 5.68. The molecule has 1 aliphatic heterocycles. The van der Waals surface area contributed by atoms with Crippen LogP contribution in [0.2, 0.25) is 0 Å². The Hall–Kier alpha value is -1.66. The first-order chi connectivity index (χ1) is 11.8. The standard InChI is InChI=1S/C19H25N3O2S/c1-14-12-16-6-4-5-7-17(16)19(14)8-10-22(11-9-19)25(23,24)18-13-21(3)15(2)20-18/h4-7,13-14H,8-12H2,1-3H3. The number of aromatic nitrogens is 2. The van der Waals surface area contributed by atoms with Crippen molar-refractivity contribution in [2.75, 3.05) is 13.1 Å². The zero-order chi connectivity index (χ0) is 17.8. The molecule has 1 atom stereocenters. The Balaban J connectivity index is 1.60. The summed E-state index contributed by atoms with van der Waals surface area (Å²) in [5.41, 5.74) is 3.00. The van der Waals surface area contributed by atoms with E-state index in [2.05, 4.69) is 36.2 Å². The normalized spacial score (nSPS) is 23.1. The van der Waals surface area contributed by atoms with E-state index in [1.807, 2.05) is 14.0 Å². The number of piperidine rings is 1. The van der Waals surface area contributed by atoms with Crippen molar-refractivity contribution < 1.29 is 8.42 Å². The molecule has 25 heavy (non-hydrogen) atoms. The molecule has 2 aliphatic rings. The highest BCUT2D eigenvalue weighted by Crippen LogP contribution is 2.50. The summed E-state index contributed by atoms with van der Waals surface area (Å²) in [5, 5.41) is 0.170. The van der Waals surface area contributed by atoms with Crippen LogP contribution < -0.4 is 0 Å². The van der Waals surface area contributed by atoms with Crippen molar-refractivity contribution >= 4 is 10.0 Å². The van der Waals surface area contributed by atoms with Crippen LogP contribution in [0.15, 0.2) is 35.5 Å². The fraction of sp³-hybridized carbons (Fsp3) is 0.526. The summed E-state index contributed by atoms with van der Waals surface area (Å²) in [6.45, 7) is 5.26. The molecule has 1 spiro atoms. The highest BCUT2D eigenvalue weighted by molar-refractivity contribution is 7.89. The van der Waals surface area contributed by atoms with Gasteiger partial charge in [-0.1, -0.05) is 31.2 Å². The van der Waals surface area contributed by atoms with Gasteiger partial charge in [-0.15, -0.1) is 0 Å². The summed E-state index contributed by atoms with van der Waals surface area (Å²) >= 11 is 0. The molecule has 2 heterocycles. The minimum absolute atomic E-state index is 0.128. The van der Waals surface area contributed by atoms with Gasteiger partial charge in [0, 0.05) is 31.7 Å². The fourth-order valence-corrected chi connectivity index (χ4v) is 6.11. The maximum absolute atomic E-state index is 12.9. The van der Waals surface area contributed by atoms with Gasteiger partial charge in [0.1, 0.15) is 5.82 Å². The van der Waals surface area contributed by atoms with Gasteiger partial charge >= 0.3 is 0 Å². The van der Waals surface area contributed by atoms with E-state index in [4.69, 9.17) is 0 Å². The summed E-state index contributed by atoms with van der Waals surface area (Å²) in [6, 6.07) is 8.68. The second-order valence-corrected chi connectivity index (χ2v) is 9.44. The van der Waals surface area contributed by atoms with Gasteiger partial charge in [0.15, 0.2) is 5.03 Å². The zero-order valence-electron chi connectivity index (χ0n) is 15.1. The number of imidazole rings is 1. The van der Waals surface area contributed by atoms with E-state index in [9.17, 15) is 8.42 Å². The zero-order valence-corrected chi connectivity index (χ0v) is 15.9. The maximum atomic E-state index is 12.9. The topological polar surface area (TPSA) is 55.2 Å². The summed E-state index contributed by atoms with van der Waals surface area (Å²) < 4.78 is 29.2. The molecule has 1 aromatic heterocycles. The molecule has 1 unspecified atom stereocenters. The second-order valence-electron chi connectivity index (χ2n) is 7.56. The van der Waals surface area contributed by atoms with Gasteiger partial charge in [0.25, 0.3) is 10.0 Å². The third-order valence-electron chi connectivity index (χ3n) is 6.33. The van der Waals surface area contributed by atoms with Crippen molar-refractivity contribution in [2.45, 2.75) is 43.6 Å². The molecule has 1 aromatic carbocycles. The molecular formula is C19H25N3O2S. The van der Waals surface area contributed by atoms with E-state index in [-0.39, 0.29) is 10.4 Å². The first-order valence-corrected chi connectivity index (χ1v) is 10.4. The largest absolute Gasteiger partial charge is 0.337 e. The molecule has 4 rings (SSSR count). The van der Waals surface area contributed by atoms with Crippen LogP contribution in [0.1, 0.15) is 36.7 Å². The van der Waals surface area contributed by atoms with Gasteiger partial charge in [-0.05, 0) is 43.2 Å². The molecule has 0 saturated carbocycles. The van der Waals surface area contributed by atoms with Gasteiger partial charge in [0.2, 0.25) is 0 Å². The Labute approximate surface area is 149 Å². The quantitative estimate of drug-likeness (QED) is 0.828. The number of fused-ring (bicyclic) bond motifs is 2. The molecule has 0 bridgehead atoms. The van der Waals surface area contributed by atoms with E-state index < -0.39 is 10.0 Å². The minimum atomic E-state index is -3.50. The van der Waals surface area contributed by atoms with Crippen molar-refractivity contribution in [3.63, 3.8) is 0 Å². The molecule has 5 nitrogen and oxygen atoms in total. The molecule has 0 N–H and O–H groups in total. The molecule has 6 heteroatoms. The maximum Gasteiger partial charge on any atom is 0.262 e. The van der Waals surface area contributed by atoms with Gasteiger partial charge in [-0.2, -0.15) is 4.31 Å². The predicted molar refractivity (Wildman–Crippen MR) is 96.9 cm³/mol. The SMILES string of the molecule is Cc1nc(S(=O)(=O)N2CCC3(CC2)c2ccccc2CC3C)cn1C. The Morgan fingerprint density at radius 2 is 1.88 bits per heavy atom. The monoisotopic (exact) mass is 359 g/mol. The Kier molecular flexibility index (Phi) is 3.81. The van der Waals surface area contributed by atoms with E-state index in [0.717, 1.165) is 19.3 Å². The Morgan fingerprint density at radius 3 is 2.52 bits per heavy atom. The van der Waals surface area contributed by atoms with E-state index in [1.165, 1.54) is 11.1 Å². The molecule has 1 saturated heterocycles. The van der Waals surface area contributed by atoms with Gasteiger partial charge in [0.05, 0.1) is 0 Å². The molecule has 0 amide bonds. The lowest BCUT2D eigenvalue weighted by Gasteiger charge is -2.42. The van der Waals surface area contributed by atoms with Gasteiger partial charge < -0.3 is 4.57 Å². The van der Waals surface area contributed by atoms with Crippen LogP contribution in [0.4, 0.5) is 0 Å². The number of hydrogen-bond acceptors (Lipinski definition) is 3. The average molecular weight is 359 g/mol. The van der Waals surface area contributed by atoms with Crippen LogP contribution >= 0.6 is 0 Å². The van der Waals surface area contributed by atoms with Gasteiger partial charge in [-0.3, -0.25) is 0 Å². The smallest absolute Gasteiger partial charge is 0.262 e. The van der Waals surface area contributed by atoms with E-state index in [1.54, 1.807) is 15.1 Å². The van der Waals surface area contributed by atoms with Crippen molar-refractivity contribution in [2.24, 2.45) is 13.0 Å². The van der Waals surface area contributed by atoms with Crippen LogP contribution in [-0.4, -0.2) is 35.4 Å². The highest BCUT2D eigenvalue weighted by atomic mass is 32.2. The molecular weight excluding hydrogens is 334 g/mol. The molecule has 134 valence electrons. The first kappa shape index (κ1) is 16.8. The Morgan fingerprint density at radius 1 is 1.20 bits per heavy atom. The summed E-state index contributed by atoms with van der Waals surface area (Å²) in [4.78, 5) is 4.23. The highest BCUT2D eigenvalue weighted by Gasteiger charge is 2.47. The number of rotatable bonds is 2.